The van der Waals surface area contributed by atoms with Crippen LogP contribution in [0.15, 0.2) is 6.20 Å². The van der Waals surface area contributed by atoms with E-state index in [9.17, 15) is 4.79 Å². The van der Waals surface area contributed by atoms with Crippen molar-refractivity contribution in [1.29, 1.82) is 0 Å². The monoisotopic (exact) mass is 250 g/mol. The number of nitrogens with one attached hydrogen (secondary N) is 1. The van der Waals surface area contributed by atoms with Gasteiger partial charge in [-0.15, -0.1) is 0 Å². The van der Waals surface area contributed by atoms with Crippen LogP contribution in [0, 0.1) is 12.3 Å². The minimum atomic E-state index is -0.513. The minimum absolute atomic E-state index is 0.0719. The van der Waals surface area contributed by atoms with E-state index in [1.54, 1.807) is 6.92 Å². The summed E-state index contributed by atoms with van der Waals surface area (Å²) in [5.74, 6) is 0.629. The number of nitrogens with zero attached hydrogens (tertiary/aromatic N) is 2. The molecule has 18 heavy (non-hydrogen) atoms. The molecule has 0 saturated carbocycles. The van der Waals surface area contributed by atoms with Gasteiger partial charge >= 0.3 is 0 Å². The first kappa shape index (κ1) is 14.4. The summed E-state index contributed by atoms with van der Waals surface area (Å²) in [4.78, 5) is 19.6. The van der Waals surface area contributed by atoms with Crippen molar-refractivity contribution in [3.05, 3.63) is 17.6 Å². The number of anilines is 1. The number of hydrogen-bond donors (Lipinski definition) is 2. The molecule has 1 aromatic rings. The maximum Gasteiger partial charge on any atom is 0.254 e. The highest BCUT2D eigenvalue weighted by Crippen LogP contribution is 2.25. The van der Waals surface area contributed by atoms with Gasteiger partial charge in [0.05, 0.1) is 5.56 Å². The van der Waals surface area contributed by atoms with Crippen LogP contribution < -0.4 is 11.1 Å². The normalized spacial score (nSPS) is 13.2. The maximum absolute atomic E-state index is 11.4. The first-order chi connectivity index (χ1) is 8.25. The van der Waals surface area contributed by atoms with Gasteiger partial charge in [0.1, 0.15) is 11.6 Å². The van der Waals surface area contributed by atoms with Crippen LogP contribution in [0.1, 0.15) is 50.3 Å². The second-order valence-electron chi connectivity index (χ2n) is 5.51. The van der Waals surface area contributed by atoms with E-state index in [1.165, 1.54) is 6.20 Å². The van der Waals surface area contributed by atoms with Gasteiger partial charge in [-0.2, -0.15) is 0 Å². The summed E-state index contributed by atoms with van der Waals surface area (Å²) in [5, 5.41) is 3.31. The highest BCUT2D eigenvalue weighted by molar-refractivity contribution is 5.97. The summed E-state index contributed by atoms with van der Waals surface area (Å²) in [5.41, 5.74) is 5.74. The first-order valence-corrected chi connectivity index (χ1v) is 6.15. The fourth-order valence-corrected chi connectivity index (χ4v) is 1.86. The fourth-order valence-electron chi connectivity index (χ4n) is 1.86. The summed E-state index contributed by atoms with van der Waals surface area (Å²) in [6, 6.07) is 0.213. The molecule has 0 fully saturated rings. The molecule has 5 nitrogen and oxygen atoms in total. The number of aromatic nitrogens is 2. The molecule has 0 aromatic carbocycles. The lowest BCUT2D eigenvalue weighted by atomic mass is 9.85. The van der Waals surface area contributed by atoms with Gasteiger partial charge in [0.2, 0.25) is 0 Å². The predicted octanol–water partition coefficient (Wildman–Crippen LogP) is 2.12. The van der Waals surface area contributed by atoms with Crippen molar-refractivity contribution in [2.75, 3.05) is 5.32 Å². The van der Waals surface area contributed by atoms with Crippen LogP contribution in [0.5, 0.6) is 0 Å². The molecule has 0 aliphatic rings. The molecule has 1 aromatic heterocycles. The number of hydrogen-bond acceptors (Lipinski definition) is 4. The standard InChI is InChI=1S/C13H22N4O/c1-6-10(13(3,4)5)17-12-9(11(14)18)7-15-8(2)16-12/h7,10H,6H2,1-5H3,(H2,14,18)(H,15,16,17). The Morgan fingerprint density at radius 3 is 2.56 bits per heavy atom. The van der Waals surface area contributed by atoms with E-state index in [0.29, 0.717) is 17.2 Å². The molecule has 0 spiro atoms. The van der Waals surface area contributed by atoms with E-state index in [4.69, 9.17) is 5.73 Å². The minimum Gasteiger partial charge on any atom is -0.366 e. The Bertz CT molecular complexity index is 437. The van der Waals surface area contributed by atoms with Crippen molar-refractivity contribution in [3.8, 4) is 0 Å². The Kier molecular flexibility index (Phi) is 4.27. The molecule has 1 unspecified atom stereocenters. The van der Waals surface area contributed by atoms with Crippen molar-refractivity contribution >= 4 is 11.7 Å². The number of carbonyl (C=O) groups is 1. The Morgan fingerprint density at radius 1 is 1.50 bits per heavy atom. The molecule has 100 valence electrons. The molecule has 1 heterocycles. The summed E-state index contributed by atoms with van der Waals surface area (Å²) in [6.07, 6.45) is 2.41. The number of rotatable bonds is 4. The zero-order valence-corrected chi connectivity index (χ0v) is 11.7. The average molecular weight is 250 g/mol. The predicted molar refractivity (Wildman–Crippen MR) is 72.4 cm³/mol. The third kappa shape index (κ3) is 3.42. The lowest BCUT2D eigenvalue weighted by molar-refractivity contribution is 0.1000. The molecule has 0 aliphatic carbocycles. The molecule has 1 atom stereocenters. The van der Waals surface area contributed by atoms with Gasteiger partial charge in [-0.05, 0) is 18.8 Å². The van der Waals surface area contributed by atoms with E-state index < -0.39 is 5.91 Å². The zero-order valence-electron chi connectivity index (χ0n) is 11.7. The maximum atomic E-state index is 11.4. The molecule has 5 heteroatoms. The fraction of sp³-hybridized carbons (Fsp3) is 0.615. The lowest BCUT2D eigenvalue weighted by Crippen LogP contribution is -2.34. The van der Waals surface area contributed by atoms with Gasteiger partial charge in [0.15, 0.2) is 0 Å². The molecule has 0 aliphatic heterocycles. The van der Waals surface area contributed by atoms with Gasteiger partial charge < -0.3 is 11.1 Å². The number of aryl methyl sites for hydroxylation is 1. The molecule has 0 saturated heterocycles. The summed E-state index contributed by atoms with van der Waals surface area (Å²) < 4.78 is 0. The summed E-state index contributed by atoms with van der Waals surface area (Å²) >= 11 is 0. The quantitative estimate of drug-likeness (QED) is 0.857. The lowest BCUT2D eigenvalue weighted by Gasteiger charge is -2.31. The van der Waals surface area contributed by atoms with E-state index in [-0.39, 0.29) is 11.5 Å². The molecule has 0 bridgehead atoms. The second-order valence-corrected chi connectivity index (χ2v) is 5.51. The van der Waals surface area contributed by atoms with Crippen molar-refractivity contribution in [2.24, 2.45) is 11.1 Å². The largest absolute Gasteiger partial charge is 0.366 e. The van der Waals surface area contributed by atoms with Gasteiger partial charge in [0, 0.05) is 12.2 Å². The van der Waals surface area contributed by atoms with Crippen LogP contribution in [0.2, 0.25) is 0 Å². The van der Waals surface area contributed by atoms with Crippen LogP contribution in [0.4, 0.5) is 5.82 Å². The van der Waals surface area contributed by atoms with Crippen LogP contribution >= 0.6 is 0 Å². The van der Waals surface area contributed by atoms with E-state index >= 15 is 0 Å². The Balaban J connectivity index is 3.09. The van der Waals surface area contributed by atoms with Crippen LogP contribution in [0.3, 0.4) is 0 Å². The molecule has 1 amide bonds. The van der Waals surface area contributed by atoms with Crippen molar-refractivity contribution < 1.29 is 4.79 Å². The third-order valence-corrected chi connectivity index (χ3v) is 2.94. The van der Waals surface area contributed by atoms with Gasteiger partial charge in [-0.1, -0.05) is 27.7 Å². The molecule has 3 N–H and O–H groups in total. The van der Waals surface area contributed by atoms with Crippen molar-refractivity contribution in [1.82, 2.24) is 9.97 Å². The van der Waals surface area contributed by atoms with Crippen LogP contribution in [-0.4, -0.2) is 21.9 Å². The molecule has 0 radical (unpaired) electrons. The number of nitrogens with two attached hydrogens (primary N) is 1. The SMILES string of the molecule is CCC(Nc1nc(C)ncc1C(N)=O)C(C)(C)C. The van der Waals surface area contributed by atoms with Gasteiger partial charge in [-0.3, -0.25) is 4.79 Å². The smallest absolute Gasteiger partial charge is 0.254 e. The summed E-state index contributed by atoms with van der Waals surface area (Å²) in [7, 11) is 0. The third-order valence-electron chi connectivity index (χ3n) is 2.94. The van der Waals surface area contributed by atoms with Crippen LogP contribution in [0.25, 0.3) is 0 Å². The van der Waals surface area contributed by atoms with Gasteiger partial charge in [0.25, 0.3) is 5.91 Å². The highest BCUT2D eigenvalue weighted by atomic mass is 16.1. The number of amides is 1. The molecular weight excluding hydrogens is 228 g/mol. The topological polar surface area (TPSA) is 80.9 Å². The zero-order chi connectivity index (χ0) is 13.9. The van der Waals surface area contributed by atoms with E-state index in [0.717, 1.165) is 6.42 Å². The number of primary amides is 1. The van der Waals surface area contributed by atoms with E-state index in [2.05, 4.69) is 43.0 Å². The van der Waals surface area contributed by atoms with Crippen molar-refractivity contribution in [3.63, 3.8) is 0 Å². The van der Waals surface area contributed by atoms with E-state index in [1.807, 2.05) is 0 Å². The Morgan fingerprint density at radius 2 is 2.11 bits per heavy atom. The average Bonchev–Trinajstić information content (AvgIpc) is 2.23. The Hall–Kier alpha value is -1.65. The highest BCUT2D eigenvalue weighted by Gasteiger charge is 2.24. The van der Waals surface area contributed by atoms with Crippen LogP contribution in [-0.2, 0) is 0 Å². The van der Waals surface area contributed by atoms with Gasteiger partial charge in [-0.25, -0.2) is 9.97 Å². The molecule has 1 rings (SSSR count). The summed E-state index contributed by atoms with van der Waals surface area (Å²) in [6.45, 7) is 10.3. The first-order valence-electron chi connectivity index (χ1n) is 6.15. The second kappa shape index (κ2) is 5.33. The Labute approximate surface area is 108 Å². The number of carbonyl (C=O) groups excluding carboxylic acids is 1. The van der Waals surface area contributed by atoms with Crippen molar-refractivity contribution in [2.45, 2.75) is 47.1 Å². The molecular formula is C13H22N4O.